The summed E-state index contributed by atoms with van der Waals surface area (Å²) in [5.74, 6) is -0.181. The highest BCUT2D eigenvalue weighted by atomic mass is 32.2. The second kappa shape index (κ2) is 8.49. The van der Waals surface area contributed by atoms with E-state index in [9.17, 15) is 9.59 Å². The predicted octanol–water partition coefficient (Wildman–Crippen LogP) is 2.89. The smallest absolute Gasteiger partial charge is 0.269 e. The van der Waals surface area contributed by atoms with Crippen molar-refractivity contribution >= 4 is 23.4 Å². The number of thioether (sulfide) groups is 1. The Bertz CT molecular complexity index is 853. The monoisotopic (exact) mass is 356 g/mol. The molecule has 1 atom stereocenters. The van der Waals surface area contributed by atoms with Crippen molar-refractivity contribution < 1.29 is 4.79 Å². The molecular formula is C18H20N4O2S. The zero-order valence-electron chi connectivity index (χ0n) is 14.4. The third kappa shape index (κ3) is 4.70. The van der Waals surface area contributed by atoms with E-state index in [2.05, 4.69) is 22.2 Å². The Morgan fingerprint density at radius 2 is 2.00 bits per heavy atom. The lowest BCUT2D eigenvalue weighted by atomic mass is 10.1. The zero-order valence-corrected chi connectivity index (χ0v) is 15.2. The molecule has 0 aliphatic rings. The number of amides is 1. The number of benzene rings is 1. The molecule has 6 nitrogen and oxygen atoms in total. The molecule has 0 saturated carbocycles. The minimum absolute atomic E-state index is 0.0277. The molecule has 1 heterocycles. The maximum absolute atomic E-state index is 12.3. The van der Waals surface area contributed by atoms with Crippen LogP contribution in [0.25, 0.3) is 0 Å². The van der Waals surface area contributed by atoms with Gasteiger partial charge in [0.15, 0.2) is 5.16 Å². The van der Waals surface area contributed by atoms with Crippen LogP contribution in [0.4, 0.5) is 5.69 Å². The Hall–Kier alpha value is -2.59. The van der Waals surface area contributed by atoms with Crippen LogP contribution >= 0.6 is 11.8 Å². The van der Waals surface area contributed by atoms with Crippen molar-refractivity contribution in [3.8, 4) is 6.07 Å². The minimum Gasteiger partial charge on any atom is -0.325 e. The molecule has 0 fully saturated rings. The van der Waals surface area contributed by atoms with Crippen molar-refractivity contribution in [1.82, 2.24) is 9.97 Å². The number of rotatable bonds is 6. The summed E-state index contributed by atoms with van der Waals surface area (Å²) in [6.45, 7) is 5.64. The molecule has 0 radical (unpaired) electrons. The third-order valence-electron chi connectivity index (χ3n) is 3.71. The fourth-order valence-electron chi connectivity index (χ4n) is 2.21. The van der Waals surface area contributed by atoms with Crippen LogP contribution in [-0.4, -0.2) is 21.1 Å². The largest absolute Gasteiger partial charge is 0.325 e. The topological polar surface area (TPSA) is 98.6 Å². The van der Waals surface area contributed by atoms with Gasteiger partial charge in [0.1, 0.15) is 11.6 Å². The first kappa shape index (κ1) is 18.7. The van der Waals surface area contributed by atoms with Gasteiger partial charge in [-0.2, -0.15) is 5.26 Å². The van der Waals surface area contributed by atoms with E-state index in [1.54, 1.807) is 6.92 Å². The van der Waals surface area contributed by atoms with Gasteiger partial charge in [-0.25, -0.2) is 4.98 Å². The van der Waals surface area contributed by atoms with Crippen molar-refractivity contribution in [3.05, 3.63) is 51.4 Å². The van der Waals surface area contributed by atoms with Crippen LogP contribution in [0.2, 0.25) is 0 Å². The first-order chi connectivity index (χ1) is 12.0. The van der Waals surface area contributed by atoms with E-state index >= 15 is 0 Å². The minimum atomic E-state index is -0.473. The maximum atomic E-state index is 12.3. The number of nitrogens with one attached hydrogen (secondary N) is 2. The first-order valence-electron chi connectivity index (χ1n) is 8.08. The molecule has 130 valence electrons. The van der Waals surface area contributed by atoms with Crippen LogP contribution < -0.4 is 10.9 Å². The molecule has 7 heteroatoms. The summed E-state index contributed by atoms with van der Waals surface area (Å²) in [4.78, 5) is 31.1. The molecule has 1 amide bonds. The molecule has 1 aromatic heterocycles. The Morgan fingerprint density at radius 1 is 1.32 bits per heavy atom. The number of hydrogen-bond donors (Lipinski definition) is 2. The molecule has 2 rings (SSSR count). The van der Waals surface area contributed by atoms with E-state index in [0.717, 1.165) is 23.9 Å². The van der Waals surface area contributed by atoms with Crippen molar-refractivity contribution in [2.45, 2.75) is 44.0 Å². The number of anilines is 1. The second-order valence-electron chi connectivity index (χ2n) is 5.46. The summed E-state index contributed by atoms with van der Waals surface area (Å²) in [6.07, 6.45) is 1.42. The highest BCUT2D eigenvalue weighted by Crippen LogP contribution is 2.21. The van der Waals surface area contributed by atoms with E-state index in [1.165, 1.54) is 5.56 Å². The van der Waals surface area contributed by atoms with E-state index in [-0.39, 0.29) is 11.5 Å². The maximum Gasteiger partial charge on any atom is 0.269 e. The number of aromatic nitrogens is 2. The summed E-state index contributed by atoms with van der Waals surface area (Å²) in [5, 5.41) is 11.7. The SMILES string of the molecule is CCc1ccc(NC(=O)[C@@H](C)Sc2nc(CC)c(C#N)c(=O)[nH]2)cc1. The number of nitrogens with zero attached hydrogens (tertiary/aromatic N) is 2. The van der Waals surface area contributed by atoms with Crippen molar-refractivity contribution in [3.63, 3.8) is 0 Å². The zero-order chi connectivity index (χ0) is 18.4. The van der Waals surface area contributed by atoms with Crippen LogP contribution in [-0.2, 0) is 17.6 Å². The number of hydrogen-bond acceptors (Lipinski definition) is 5. The number of aryl methyl sites for hydroxylation is 2. The molecular weight excluding hydrogens is 336 g/mol. The lowest BCUT2D eigenvalue weighted by molar-refractivity contribution is -0.115. The van der Waals surface area contributed by atoms with Gasteiger partial charge in [0.2, 0.25) is 5.91 Å². The molecule has 0 unspecified atom stereocenters. The van der Waals surface area contributed by atoms with Crippen LogP contribution in [0.3, 0.4) is 0 Å². The Morgan fingerprint density at radius 3 is 2.56 bits per heavy atom. The summed E-state index contributed by atoms with van der Waals surface area (Å²) in [5.41, 5.74) is 1.92. The van der Waals surface area contributed by atoms with Crippen molar-refractivity contribution in [1.29, 1.82) is 5.26 Å². The van der Waals surface area contributed by atoms with E-state index < -0.39 is 10.8 Å². The highest BCUT2D eigenvalue weighted by molar-refractivity contribution is 8.00. The molecule has 1 aromatic carbocycles. The predicted molar refractivity (Wildman–Crippen MR) is 98.7 cm³/mol. The lowest BCUT2D eigenvalue weighted by Crippen LogP contribution is -2.24. The summed E-state index contributed by atoms with van der Waals surface area (Å²) in [7, 11) is 0. The van der Waals surface area contributed by atoms with E-state index in [1.807, 2.05) is 37.3 Å². The van der Waals surface area contributed by atoms with Crippen LogP contribution in [0.1, 0.15) is 37.6 Å². The number of H-pyrrole nitrogens is 1. The summed E-state index contributed by atoms with van der Waals surface area (Å²) in [6, 6.07) is 9.54. The second-order valence-corrected chi connectivity index (χ2v) is 6.79. The van der Waals surface area contributed by atoms with Gasteiger partial charge in [-0.05, 0) is 37.5 Å². The van der Waals surface area contributed by atoms with Gasteiger partial charge in [-0.1, -0.05) is 37.7 Å². The summed E-state index contributed by atoms with van der Waals surface area (Å²) >= 11 is 1.15. The molecule has 25 heavy (non-hydrogen) atoms. The Labute approximate surface area is 150 Å². The highest BCUT2D eigenvalue weighted by Gasteiger charge is 2.18. The molecule has 0 saturated heterocycles. The standard InChI is InChI=1S/C18H20N4O2S/c1-4-12-6-8-13(9-7-12)20-16(23)11(3)25-18-21-15(5-2)14(10-19)17(24)22-18/h6-9,11H,4-5H2,1-3H3,(H,20,23)(H,21,22,24)/t11-/m1/s1. The molecule has 2 aromatic rings. The van der Waals surface area contributed by atoms with Gasteiger partial charge in [0.25, 0.3) is 5.56 Å². The van der Waals surface area contributed by atoms with Crippen molar-refractivity contribution in [2.75, 3.05) is 5.32 Å². The van der Waals surface area contributed by atoms with Crippen LogP contribution in [0.5, 0.6) is 0 Å². The van der Waals surface area contributed by atoms with Gasteiger partial charge in [-0.3, -0.25) is 9.59 Å². The summed E-state index contributed by atoms with van der Waals surface area (Å²) < 4.78 is 0. The van der Waals surface area contributed by atoms with Crippen LogP contribution in [0.15, 0.2) is 34.2 Å². The number of carbonyl (C=O) groups is 1. The van der Waals surface area contributed by atoms with Gasteiger partial charge in [-0.15, -0.1) is 0 Å². The van der Waals surface area contributed by atoms with Gasteiger partial charge >= 0.3 is 0 Å². The first-order valence-corrected chi connectivity index (χ1v) is 8.96. The van der Waals surface area contributed by atoms with Crippen molar-refractivity contribution in [2.24, 2.45) is 0 Å². The normalized spacial score (nSPS) is 11.6. The Kier molecular flexibility index (Phi) is 6.37. The fraction of sp³-hybridized carbons (Fsp3) is 0.333. The quantitative estimate of drug-likeness (QED) is 0.612. The average molecular weight is 356 g/mol. The molecule has 0 bridgehead atoms. The van der Waals surface area contributed by atoms with E-state index in [0.29, 0.717) is 17.3 Å². The number of aromatic amines is 1. The lowest BCUT2D eigenvalue weighted by Gasteiger charge is -2.12. The fourth-order valence-corrected chi connectivity index (χ4v) is 3.03. The van der Waals surface area contributed by atoms with Gasteiger partial charge in [0, 0.05) is 5.69 Å². The molecule has 0 spiro atoms. The molecule has 0 aliphatic carbocycles. The van der Waals surface area contributed by atoms with Gasteiger partial charge < -0.3 is 10.3 Å². The molecule has 0 aliphatic heterocycles. The number of nitriles is 1. The Balaban J connectivity index is 2.09. The van der Waals surface area contributed by atoms with Gasteiger partial charge in [0.05, 0.1) is 10.9 Å². The number of carbonyl (C=O) groups excluding carboxylic acids is 1. The van der Waals surface area contributed by atoms with E-state index in [4.69, 9.17) is 5.26 Å². The third-order valence-corrected chi connectivity index (χ3v) is 4.69. The molecule has 2 N–H and O–H groups in total. The van der Waals surface area contributed by atoms with Crippen LogP contribution in [0, 0.1) is 11.3 Å². The average Bonchev–Trinajstić information content (AvgIpc) is 2.61.